The van der Waals surface area contributed by atoms with Gasteiger partial charge in [0.05, 0.1) is 12.7 Å². The van der Waals surface area contributed by atoms with Crippen LogP contribution in [0.3, 0.4) is 0 Å². The van der Waals surface area contributed by atoms with E-state index in [1.165, 1.54) is 28.7 Å². The maximum absolute atomic E-state index is 11.7. The molecule has 2 aromatic carbocycles. The molecule has 0 aromatic heterocycles. The Morgan fingerprint density at radius 3 is 2.86 bits per heavy atom. The van der Waals surface area contributed by atoms with E-state index in [0.717, 1.165) is 12.8 Å². The predicted molar refractivity (Wildman–Crippen MR) is 89.0 cm³/mol. The van der Waals surface area contributed by atoms with E-state index in [1.54, 1.807) is 11.9 Å². The Hall–Kier alpha value is -1.78. The molecule has 0 heterocycles. The summed E-state index contributed by atoms with van der Waals surface area (Å²) in [5.74, 6) is -0.278. The number of hydrogen-bond acceptors (Lipinski definition) is 4. The second-order valence-corrected chi connectivity index (χ2v) is 6.36. The van der Waals surface area contributed by atoms with Crippen LogP contribution in [0.4, 0.5) is 0 Å². The largest absolute Gasteiger partial charge is 0.465 e. The lowest BCUT2D eigenvalue weighted by molar-refractivity contribution is 0.0600. The molecule has 0 saturated heterocycles. The average molecular weight is 313 g/mol. The molecule has 1 aliphatic rings. The number of ether oxygens (including phenoxy) is 1. The highest BCUT2D eigenvalue weighted by atomic mass is 32.2. The maximum Gasteiger partial charge on any atom is 0.337 e. The molecular formula is C18H19NO2S. The average Bonchev–Trinajstić information content (AvgIpc) is 2.95. The smallest absolute Gasteiger partial charge is 0.337 e. The highest BCUT2D eigenvalue weighted by molar-refractivity contribution is 7.97. The Balaban J connectivity index is 1.76. The molecule has 1 atom stereocenters. The van der Waals surface area contributed by atoms with Gasteiger partial charge in [0, 0.05) is 10.9 Å². The molecule has 3 rings (SSSR count). The lowest BCUT2D eigenvalue weighted by Gasteiger charge is -2.15. The third-order valence-corrected chi connectivity index (χ3v) is 5.13. The number of carbonyl (C=O) groups excluding carboxylic acids is 1. The van der Waals surface area contributed by atoms with Gasteiger partial charge in [-0.3, -0.25) is 4.72 Å². The lowest BCUT2D eigenvalue weighted by atomic mass is 10.0. The summed E-state index contributed by atoms with van der Waals surface area (Å²) in [4.78, 5) is 12.9. The Labute approximate surface area is 135 Å². The van der Waals surface area contributed by atoms with E-state index in [4.69, 9.17) is 4.74 Å². The van der Waals surface area contributed by atoms with Crippen molar-refractivity contribution in [3.63, 3.8) is 0 Å². The number of fused-ring (bicyclic) bond motifs is 1. The summed E-state index contributed by atoms with van der Waals surface area (Å²) >= 11 is 1.66. The van der Waals surface area contributed by atoms with Crippen LogP contribution in [-0.2, 0) is 11.2 Å². The molecule has 1 aliphatic carbocycles. The van der Waals surface area contributed by atoms with E-state index >= 15 is 0 Å². The molecule has 0 aliphatic heterocycles. The van der Waals surface area contributed by atoms with Gasteiger partial charge in [-0.2, -0.15) is 0 Å². The van der Waals surface area contributed by atoms with E-state index < -0.39 is 0 Å². The zero-order valence-corrected chi connectivity index (χ0v) is 13.6. The van der Waals surface area contributed by atoms with Crippen LogP contribution in [0.5, 0.6) is 0 Å². The number of carbonyl (C=O) groups is 1. The molecule has 1 unspecified atom stereocenters. The van der Waals surface area contributed by atoms with Gasteiger partial charge >= 0.3 is 5.97 Å². The number of esters is 1. The van der Waals surface area contributed by atoms with Gasteiger partial charge in [0.2, 0.25) is 0 Å². The normalized spacial score (nSPS) is 16.4. The van der Waals surface area contributed by atoms with E-state index in [1.807, 2.05) is 24.3 Å². The van der Waals surface area contributed by atoms with E-state index in [9.17, 15) is 4.79 Å². The third-order valence-electron chi connectivity index (χ3n) is 4.05. The van der Waals surface area contributed by atoms with Gasteiger partial charge in [-0.25, -0.2) is 4.79 Å². The minimum Gasteiger partial charge on any atom is -0.465 e. The second-order valence-electron chi connectivity index (χ2n) is 5.48. The zero-order valence-electron chi connectivity index (χ0n) is 12.8. The van der Waals surface area contributed by atoms with Gasteiger partial charge in [-0.05, 0) is 66.6 Å². The van der Waals surface area contributed by atoms with Gasteiger partial charge in [-0.1, -0.05) is 24.3 Å². The fourth-order valence-electron chi connectivity index (χ4n) is 2.78. The van der Waals surface area contributed by atoms with Gasteiger partial charge in [0.15, 0.2) is 0 Å². The van der Waals surface area contributed by atoms with Crippen LogP contribution in [0.2, 0.25) is 0 Å². The summed E-state index contributed by atoms with van der Waals surface area (Å²) in [5.41, 5.74) is 4.41. The topological polar surface area (TPSA) is 38.3 Å². The predicted octanol–water partition coefficient (Wildman–Crippen LogP) is 4.07. The van der Waals surface area contributed by atoms with Crippen LogP contribution in [0.1, 0.15) is 39.5 Å². The molecule has 0 radical (unpaired) electrons. The molecule has 22 heavy (non-hydrogen) atoms. The fraction of sp³-hybridized carbons (Fsp3) is 0.278. The zero-order chi connectivity index (χ0) is 15.5. The first kappa shape index (κ1) is 15.1. The first-order valence-corrected chi connectivity index (χ1v) is 8.20. The van der Waals surface area contributed by atoms with Crippen molar-refractivity contribution >= 4 is 17.9 Å². The molecular weight excluding hydrogens is 294 g/mol. The molecule has 114 valence electrons. The van der Waals surface area contributed by atoms with Crippen molar-refractivity contribution < 1.29 is 9.53 Å². The molecule has 0 saturated carbocycles. The maximum atomic E-state index is 11.7. The number of nitrogens with one attached hydrogen (secondary N) is 1. The van der Waals surface area contributed by atoms with Crippen molar-refractivity contribution in [2.45, 2.75) is 30.7 Å². The minimum absolute atomic E-state index is 0.268. The van der Waals surface area contributed by atoms with Crippen molar-refractivity contribution in [3.8, 4) is 0 Å². The van der Waals surface area contributed by atoms with Crippen molar-refractivity contribution in [2.24, 2.45) is 0 Å². The summed E-state index contributed by atoms with van der Waals surface area (Å²) < 4.78 is 8.36. The van der Waals surface area contributed by atoms with Crippen LogP contribution in [0.15, 0.2) is 47.4 Å². The molecule has 3 nitrogen and oxygen atoms in total. The molecule has 0 fully saturated rings. The Bertz CT molecular complexity index is 699. The summed E-state index contributed by atoms with van der Waals surface area (Å²) in [6.07, 6.45) is 2.10. The lowest BCUT2D eigenvalue weighted by Crippen LogP contribution is -2.12. The van der Waals surface area contributed by atoms with Crippen LogP contribution in [0.25, 0.3) is 0 Å². The molecule has 0 bridgehead atoms. The molecule has 0 spiro atoms. The summed E-state index contributed by atoms with van der Waals surface area (Å²) in [7, 11) is 1.42. The van der Waals surface area contributed by atoms with Crippen molar-refractivity contribution in [2.75, 3.05) is 7.11 Å². The molecule has 2 aromatic rings. The monoisotopic (exact) mass is 313 g/mol. The third kappa shape index (κ3) is 3.03. The number of hydrogen-bond donors (Lipinski definition) is 1. The Morgan fingerprint density at radius 1 is 1.27 bits per heavy atom. The molecule has 4 heteroatoms. The second kappa shape index (κ2) is 6.55. The SMILES string of the molecule is COC(=O)c1ccc2c(c1)C(NSc1ccccc1C)CC2. The van der Waals surface area contributed by atoms with Gasteiger partial charge in [0.1, 0.15) is 0 Å². The summed E-state index contributed by atoms with van der Waals surface area (Å²) in [6, 6.07) is 14.5. The molecule has 1 N–H and O–H groups in total. The van der Waals surface area contributed by atoms with Crippen molar-refractivity contribution in [1.29, 1.82) is 0 Å². The number of rotatable bonds is 4. The van der Waals surface area contributed by atoms with Crippen molar-refractivity contribution in [1.82, 2.24) is 4.72 Å². The quantitative estimate of drug-likeness (QED) is 0.682. The number of aryl methyl sites for hydroxylation is 2. The van der Waals surface area contributed by atoms with E-state index in [0.29, 0.717) is 5.56 Å². The fourth-order valence-corrected chi connectivity index (χ4v) is 3.66. The van der Waals surface area contributed by atoms with Crippen LogP contribution in [0, 0.1) is 6.92 Å². The standard InChI is InChI=1S/C18H19NO2S/c1-12-5-3-4-6-17(12)22-19-16-10-9-13-7-8-14(11-15(13)16)18(20)21-2/h3-8,11,16,19H,9-10H2,1-2H3. The Morgan fingerprint density at radius 2 is 2.09 bits per heavy atom. The van der Waals surface area contributed by atoms with Crippen LogP contribution >= 0.6 is 11.9 Å². The number of methoxy groups -OCH3 is 1. The molecule has 0 amide bonds. The Kier molecular flexibility index (Phi) is 4.50. The van der Waals surface area contributed by atoms with Crippen LogP contribution in [-0.4, -0.2) is 13.1 Å². The highest BCUT2D eigenvalue weighted by Crippen LogP contribution is 2.34. The first-order chi connectivity index (χ1) is 10.7. The highest BCUT2D eigenvalue weighted by Gasteiger charge is 2.24. The van der Waals surface area contributed by atoms with Gasteiger partial charge in [0.25, 0.3) is 0 Å². The van der Waals surface area contributed by atoms with Gasteiger partial charge < -0.3 is 4.74 Å². The van der Waals surface area contributed by atoms with E-state index in [-0.39, 0.29) is 12.0 Å². The van der Waals surface area contributed by atoms with Gasteiger partial charge in [-0.15, -0.1) is 0 Å². The minimum atomic E-state index is -0.278. The first-order valence-electron chi connectivity index (χ1n) is 7.38. The van der Waals surface area contributed by atoms with Crippen LogP contribution < -0.4 is 4.72 Å². The van der Waals surface area contributed by atoms with E-state index in [2.05, 4.69) is 29.8 Å². The summed E-state index contributed by atoms with van der Waals surface area (Å²) in [5, 5.41) is 0. The van der Waals surface area contributed by atoms with Crippen molar-refractivity contribution in [3.05, 3.63) is 64.7 Å². The summed E-state index contributed by atoms with van der Waals surface area (Å²) in [6.45, 7) is 2.11. The number of benzene rings is 2.